The van der Waals surface area contributed by atoms with Crippen molar-refractivity contribution in [1.29, 1.82) is 0 Å². The van der Waals surface area contributed by atoms with Crippen molar-refractivity contribution in [1.82, 2.24) is 10.2 Å². The topological polar surface area (TPSA) is 41.6 Å². The molecule has 0 atom stereocenters. The zero-order valence-electron chi connectivity index (χ0n) is 14.5. The predicted octanol–water partition coefficient (Wildman–Crippen LogP) is 3.14. The maximum atomic E-state index is 12.7. The highest BCUT2D eigenvalue weighted by atomic mass is 35.5. The Balaban J connectivity index is 0.00000529. The van der Waals surface area contributed by atoms with Crippen molar-refractivity contribution >= 4 is 18.3 Å². The molecule has 0 aliphatic carbocycles. The maximum Gasteiger partial charge on any atom is 0.245 e. The number of carbonyl (C=O) groups is 1. The lowest BCUT2D eigenvalue weighted by atomic mass is 10.1. The third-order valence-electron chi connectivity index (χ3n) is 3.29. The highest BCUT2D eigenvalue weighted by Crippen LogP contribution is 2.19. The summed E-state index contributed by atoms with van der Waals surface area (Å²) in [4.78, 5) is 13.0. The van der Waals surface area contributed by atoms with Crippen molar-refractivity contribution in [3.63, 3.8) is 0 Å². The molecule has 24 heavy (non-hydrogen) atoms. The first-order chi connectivity index (χ1) is 10.8. The molecule has 138 valence electrons. The second-order valence-electron chi connectivity index (χ2n) is 5.88. The van der Waals surface area contributed by atoms with Gasteiger partial charge in [-0.05, 0) is 44.0 Å². The zero-order chi connectivity index (χ0) is 17.3. The molecule has 1 aromatic rings. The standard InChI is InChI=1S/C17H26F2N2O2.ClH/c1-17(18,19)9-5-11-23-15-7-4-6-14(12-15)8-10-20-13-16(22)21(2)3;/h4,6-7,12,20H,5,8-11,13H2,1-3H3;1H. The van der Waals surface area contributed by atoms with E-state index < -0.39 is 5.92 Å². The number of ether oxygens (including phenoxy) is 1. The Kier molecular flexibility index (Phi) is 10.6. The Morgan fingerprint density at radius 3 is 2.67 bits per heavy atom. The molecule has 1 amide bonds. The van der Waals surface area contributed by atoms with E-state index in [2.05, 4.69) is 5.32 Å². The third kappa shape index (κ3) is 10.4. The van der Waals surface area contributed by atoms with Crippen LogP contribution < -0.4 is 10.1 Å². The lowest BCUT2D eigenvalue weighted by Gasteiger charge is -2.12. The van der Waals surface area contributed by atoms with E-state index in [0.29, 0.717) is 25.3 Å². The van der Waals surface area contributed by atoms with E-state index in [0.717, 1.165) is 18.9 Å². The molecule has 0 aliphatic rings. The van der Waals surface area contributed by atoms with Gasteiger partial charge in [0.2, 0.25) is 11.8 Å². The van der Waals surface area contributed by atoms with Crippen LogP contribution in [0.1, 0.15) is 25.3 Å². The van der Waals surface area contributed by atoms with Gasteiger partial charge < -0.3 is 15.0 Å². The van der Waals surface area contributed by atoms with Gasteiger partial charge in [0, 0.05) is 20.5 Å². The summed E-state index contributed by atoms with van der Waals surface area (Å²) < 4.78 is 30.9. The highest BCUT2D eigenvalue weighted by molar-refractivity contribution is 5.85. The van der Waals surface area contributed by atoms with E-state index >= 15 is 0 Å². The quantitative estimate of drug-likeness (QED) is 0.648. The molecule has 0 saturated heterocycles. The largest absolute Gasteiger partial charge is 0.494 e. The van der Waals surface area contributed by atoms with Crippen LogP contribution in [0.25, 0.3) is 0 Å². The molecule has 0 bridgehead atoms. The number of carbonyl (C=O) groups excluding carboxylic acids is 1. The number of likely N-dealkylation sites (N-methyl/N-ethyl adjacent to an activating group) is 1. The molecule has 0 radical (unpaired) electrons. The van der Waals surface area contributed by atoms with Crippen molar-refractivity contribution in [2.45, 2.75) is 32.1 Å². The predicted molar refractivity (Wildman–Crippen MR) is 94.3 cm³/mol. The number of halogens is 3. The molecule has 0 aromatic heterocycles. The Morgan fingerprint density at radius 1 is 1.33 bits per heavy atom. The van der Waals surface area contributed by atoms with Gasteiger partial charge in [0.25, 0.3) is 0 Å². The minimum absolute atomic E-state index is 0. The molecular weight excluding hydrogens is 338 g/mol. The van der Waals surface area contributed by atoms with Crippen LogP contribution >= 0.6 is 12.4 Å². The van der Waals surface area contributed by atoms with Crippen LogP contribution in [0.3, 0.4) is 0 Å². The summed E-state index contributed by atoms with van der Waals surface area (Å²) in [5.41, 5.74) is 1.08. The van der Waals surface area contributed by atoms with Crippen molar-refractivity contribution in [3.8, 4) is 5.75 Å². The van der Waals surface area contributed by atoms with E-state index in [1.807, 2.05) is 24.3 Å². The average molecular weight is 365 g/mol. The van der Waals surface area contributed by atoms with Crippen LogP contribution in [0.4, 0.5) is 8.78 Å². The summed E-state index contributed by atoms with van der Waals surface area (Å²) in [6, 6.07) is 7.57. The molecule has 0 spiro atoms. The van der Waals surface area contributed by atoms with E-state index in [1.165, 1.54) is 0 Å². The first-order valence-electron chi connectivity index (χ1n) is 7.78. The molecule has 1 N–H and O–H groups in total. The van der Waals surface area contributed by atoms with Gasteiger partial charge in [-0.2, -0.15) is 0 Å². The van der Waals surface area contributed by atoms with E-state index in [9.17, 15) is 13.6 Å². The van der Waals surface area contributed by atoms with Gasteiger partial charge >= 0.3 is 0 Å². The van der Waals surface area contributed by atoms with Gasteiger partial charge in [-0.1, -0.05) is 12.1 Å². The number of amides is 1. The summed E-state index contributed by atoms with van der Waals surface area (Å²) in [6.45, 7) is 2.20. The molecule has 1 rings (SSSR count). The summed E-state index contributed by atoms with van der Waals surface area (Å²) in [6.07, 6.45) is 0.920. The number of hydrogen-bond acceptors (Lipinski definition) is 3. The maximum absolute atomic E-state index is 12.7. The third-order valence-corrected chi connectivity index (χ3v) is 3.29. The fourth-order valence-corrected chi connectivity index (χ4v) is 1.95. The van der Waals surface area contributed by atoms with Crippen molar-refractivity contribution in [2.24, 2.45) is 0 Å². The molecule has 0 saturated carbocycles. The molecule has 0 fully saturated rings. The fourth-order valence-electron chi connectivity index (χ4n) is 1.95. The molecule has 7 heteroatoms. The SMILES string of the molecule is CN(C)C(=O)CNCCc1cccc(OCCCC(C)(F)F)c1.Cl. The van der Waals surface area contributed by atoms with Gasteiger partial charge in [-0.25, -0.2) is 8.78 Å². The molecule has 1 aromatic carbocycles. The number of alkyl halides is 2. The second kappa shape index (κ2) is 11.2. The van der Waals surface area contributed by atoms with Gasteiger partial charge in [0.05, 0.1) is 13.2 Å². The molecule has 0 heterocycles. The van der Waals surface area contributed by atoms with Crippen LogP contribution in [0.2, 0.25) is 0 Å². The lowest BCUT2D eigenvalue weighted by molar-refractivity contribution is -0.127. The van der Waals surface area contributed by atoms with Crippen LogP contribution in [0, 0.1) is 0 Å². The Bertz CT molecular complexity index is 494. The summed E-state index contributed by atoms with van der Waals surface area (Å²) in [7, 11) is 3.44. The van der Waals surface area contributed by atoms with Gasteiger partial charge in [-0.15, -0.1) is 12.4 Å². The monoisotopic (exact) mass is 364 g/mol. The number of benzene rings is 1. The number of hydrogen-bond donors (Lipinski definition) is 1. The van der Waals surface area contributed by atoms with E-state index in [1.54, 1.807) is 19.0 Å². The van der Waals surface area contributed by atoms with Crippen LogP contribution in [0.5, 0.6) is 5.75 Å². The van der Waals surface area contributed by atoms with Gasteiger partial charge in [0.15, 0.2) is 0 Å². The average Bonchev–Trinajstić information content (AvgIpc) is 2.47. The number of nitrogens with one attached hydrogen (secondary N) is 1. The second-order valence-corrected chi connectivity index (χ2v) is 5.88. The molecule has 0 aliphatic heterocycles. The summed E-state index contributed by atoms with van der Waals surface area (Å²) >= 11 is 0. The normalized spacial score (nSPS) is 10.9. The van der Waals surface area contributed by atoms with Crippen molar-refractivity contribution < 1.29 is 18.3 Å². The number of rotatable bonds is 10. The van der Waals surface area contributed by atoms with Crippen molar-refractivity contribution in [3.05, 3.63) is 29.8 Å². The summed E-state index contributed by atoms with van der Waals surface area (Å²) in [5.74, 6) is -1.91. The Labute approximate surface area is 149 Å². The van der Waals surface area contributed by atoms with Crippen LogP contribution in [0.15, 0.2) is 24.3 Å². The number of nitrogens with zero attached hydrogens (tertiary/aromatic N) is 1. The first kappa shape index (κ1) is 22.6. The van der Waals surface area contributed by atoms with E-state index in [4.69, 9.17) is 4.74 Å². The fraction of sp³-hybridized carbons (Fsp3) is 0.588. The molecule has 4 nitrogen and oxygen atoms in total. The zero-order valence-corrected chi connectivity index (χ0v) is 15.3. The minimum atomic E-state index is -2.64. The van der Waals surface area contributed by atoms with Gasteiger partial charge in [0.1, 0.15) is 5.75 Å². The van der Waals surface area contributed by atoms with Crippen LogP contribution in [-0.2, 0) is 11.2 Å². The summed E-state index contributed by atoms with van der Waals surface area (Å²) in [5, 5.41) is 3.09. The first-order valence-corrected chi connectivity index (χ1v) is 7.78. The Morgan fingerprint density at radius 2 is 2.04 bits per heavy atom. The van der Waals surface area contributed by atoms with E-state index in [-0.39, 0.29) is 31.3 Å². The minimum Gasteiger partial charge on any atom is -0.494 e. The molecule has 0 unspecified atom stereocenters. The molecular formula is C17H27ClF2N2O2. The lowest BCUT2D eigenvalue weighted by Crippen LogP contribution is -2.33. The highest BCUT2D eigenvalue weighted by Gasteiger charge is 2.19. The van der Waals surface area contributed by atoms with Crippen LogP contribution in [-0.4, -0.2) is 50.5 Å². The van der Waals surface area contributed by atoms with Crippen molar-refractivity contribution in [2.75, 3.05) is 33.8 Å². The smallest absolute Gasteiger partial charge is 0.245 e. The Hall–Kier alpha value is -1.40. The van der Waals surface area contributed by atoms with Gasteiger partial charge in [-0.3, -0.25) is 4.79 Å².